The number of hydrogen-bond donors (Lipinski definition) is 1. The van der Waals surface area contributed by atoms with E-state index in [4.69, 9.17) is 26.5 Å². The monoisotopic (exact) mass is 462 g/mol. The van der Waals surface area contributed by atoms with Gasteiger partial charge in [-0.25, -0.2) is 0 Å². The molecule has 1 aromatic heterocycles. The summed E-state index contributed by atoms with van der Waals surface area (Å²) in [5.74, 6) is 1.08. The maximum Gasteiger partial charge on any atom is 0.258 e. The summed E-state index contributed by atoms with van der Waals surface area (Å²) in [4.78, 5) is 6.88. The van der Waals surface area contributed by atoms with Gasteiger partial charge in [-0.05, 0) is 50.0 Å². The van der Waals surface area contributed by atoms with Gasteiger partial charge in [-0.3, -0.25) is 0 Å². The zero-order valence-corrected chi connectivity index (χ0v) is 20.4. The van der Waals surface area contributed by atoms with E-state index in [1.165, 1.54) is 11.1 Å². The van der Waals surface area contributed by atoms with Crippen LogP contribution in [0.1, 0.15) is 48.9 Å². The highest BCUT2D eigenvalue weighted by Gasteiger charge is 2.33. The lowest BCUT2D eigenvalue weighted by molar-refractivity contribution is 0.188. The first-order chi connectivity index (χ1) is 16.0. The van der Waals surface area contributed by atoms with Crippen molar-refractivity contribution in [3.63, 3.8) is 0 Å². The highest BCUT2D eigenvalue weighted by atomic mass is 32.1. The quantitative estimate of drug-likeness (QED) is 0.360. The minimum atomic E-state index is -0.174. The van der Waals surface area contributed by atoms with Crippen LogP contribution in [0.15, 0.2) is 58.8 Å². The van der Waals surface area contributed by atoms with Crippen LogP contribution in [0.3, 0.4) is 0 Å². The molecule has 0 radical (unpaired) electrons. The van der Waals surface area contributed by atoms with E-state index in [2.05, 4.69) is 72.5 Å². The number of rotatable bonds is 8. The molecule has 33 heavy (non-hydrogen) atoms. The summed E-state index contributed by atoms with van der Waals surface area (Å²) in [5, 5.41) is 8.48. The topological polar surface area (TPSA) is 63.4 Å². The maximum atomic E-state index is 5.82. The molecule has 6 nitrogen and oxygen atoms in total. The summed E-state index contributed by atoms with van der Waals surface area (Å²) >= 11 is 5.74. The number of benzene rings is 2. The van der Waals surface area contributed by atoms with Crippen LogP contribution in [0.25, 0.3) is 17.0 Å². The Morgan fingerprint density at radius 1 is 1.09 bits per heavy atom. The molecule has 2 aromatic carbocycles. The van der Waals surface area contributed by atoms with E-state index in [-0.39, 0.29) is 6.04 Å². The molecule has 4 rings (SSSR count). The highest BCUT2D eigenvalue weighted by molar-refractivity contribution is 7.80. The van der Waals surface area contributed by atoms with Crippen LogP contribution in [0.4, 0.5) is 0 Å². The second-order valence-corrected chi connectivity index (χ2v) is 8.65. The molecular weight excluding hydrogens is 432 g/mol. The van der Waals surface area contributed by atoms with Gasteiger partial charge in [0.05, 0.1) is 11.6 Å². The van der Waals surface area contributed by atoms with Crippen LogP contribution in [0, 0.1) is 6.92 Å². The number of aryl methyl sites for hydroxylation is 2. The first-order valence-corrected chi connectivity index (χ1v) is 11.7. The fraction of sp³-hybridized carbons (Fsp3) is 0.346. The molecule has 1 unspecified atom stereocenters. The molecule has 0 amide bonds. The first-order valence-electron chi connectivity index (χ1n) is 11.3. The molecule has 3 aromatic rings. The van der Waals surface area contributed by atoms with Crippen molar-refractivity contribution in [2.24, 2.45) is 0 Å². The molecule has 1 N–H and O–H groups in total. The Bertz CT molecular complexity index is 1140. The minimum absolute atomic E-state index is 0.174. The Morgan fingerprint density at radius 3 is 2.48 bits per heavy atom. The van der Waals surface area contributed by atoms with Crippen LogP contribution in [0.2, 0.25) is 0 Å². The number of hydrogen-bond acceptors (Lipinski definition) is 5. The van der Waals surface area contributed by atoms with Gasteiger partial charge in [-0.2, -0.15) is 4.98 Å². The maximum absolute atomic E-state index is 5.82. The van der Waals surface area contributed by atoms with Gasteiger partial charge in [0.15, 0.2) is 5.11 Å². The molecule has 1 atom stereocenters. The Balaban J connectivity index is 1.74. The number of ether oxygens (including phenoxy) is 1. The van der Waals surface area contributed by atoms with Crippen LogP contribution >= 0.6 is 12.2 Å². The van der Waals surface area contributed by atoms with E-state index >= 15 is 0 Å². The second-order valence-electron chi connectivity index (χ2n) is 8.26. The van der Waals surface area contributed by atoms with Crippen molar-refractivity contribution < 1.29 is 9.26 Å². The molecule has 0 aliphatic carbocycles. The number of methoxy groups -OCH3 is 1. The van der Waals surface area contributed by atoms with E-state index in [0.29, 0.717) is 23.4 Å². The third-order valence-electron chi connectivity index (χ3n) is 6.01. The molecular formula is C26H30N4O2S. The van der Waals surface area contributed by atoms with Gasteiger partial charge < -0.3 is 19.5 Å². The number of nitrogens with zero attached hydrogens (tertiary/aromatic N) is 3. The second kappa shape index (κ2) is 10.3. The van der Waals surface area contributed by atoms with E-state index in [1.54, 1.807) is 7.11 Å². The summed E-state index contributed by atoms with van der Waals surface area (Å²) in [6.07, 6.45) is 1.85. The summed E-state index contributed by atoms with van der Waals surface area (Å²) in [6.45, 7) is 7.70. The van der Waals surface area contributed by atoms with Crippen molar-refractivity contribution in [2.45, 2.75) is 39.7 Å². The number of nitrogens with one attached hydrogen (secondary N) is 1. The van der Waals surface area contributed by atoms with Gasteiger partial charge in [-0.15, -0.1) is 0 Å². The third kappa shape index (κ3) is 4.99. The largest absolute Gasteiger partial charge is 0.385 e. The predicted molar refractivity (Wildman–Crippen MR) is 135 cm³/mol. The summed E-state index contributed by atoms with van der Waals surface area (Å²) in [7, 11) is 1.71. The van der Waals surface area contributed by atoms with E-state index in [0.717, 1.165) is 41.8 Å². The SMILES string of the molecule is CCc1ccc(-c2noc(C3=C(C)N(CCCOC)C(=S)NC3c3ccc(C)cc3)n2)cc1. The average Bonchev–Trinajstić information content (AvgIpc) is 3.31. The van der Waals surface area contributed by atoms with Gasteiger partial charge in [0.25, 0.3) is 5.89 Å². The zero-order chi connectivity index (χ0) is 23.4. The van der Waals surface area contributed by atoms with Crippen LogP contribution in [-0.2, 0) is 11.2 Å². The lowest BCUT2D eigenvalue weighted by Gasteiger charge is -2.37. The molecule has 0 bridgehead atoms. The smallest absolute Gasteiger partial charge is 0.258 e. The Hall–Kier alpha value is -3.03. The number of aromatic nitrogens is 2. The van der Waals surface area contributed by atoms with Gasteiger partial charge in [-0.1, -0.05) is 66.2 Å². The number of thiocarbonyl (C=S) groups is 1. The zero-order valence-electron chi connectivity index (χ0n) is 19.6. The molecule has 1 aliphatic rings. The van der Waals surface area contributed by atoms with E-state index < -0.39 is 0 Å². The van der Waals surface area contributed by atoms with Crippen LogP contribution in [0.5, 0.6) is 0 Å². The van der Waals surface area contributed by atoms with Crippen molar-refractivity contribution in [2.75, 3.05) is 20.3 Å². The van der Waals surface area contributed by atoms with E-state index in [9.17, 15) is 0 Å². The van der Waals surface area contributed by atoms with Crippen molar-refractivity contribution in [3.8, 4) is 11.4 Å². The molecule has 1 aliphatic heterocycles. The normalized spacial score (nSPS) is 16.3. The summed E-state index contributed by atoms with van der Waals surface area (Å²) in [5.41, 5.74) is 6.46. The van der Waals surface area contributed by atoms with Gasteiger partial charge >= 0.3 is 0 Å². The Morgan fingerprint density at radius 2 is 1.82 bits per heavy atom. The molecule has 0 saturated heterocycles. The Kier molecular flexibility index (Phi) is 7.20. The summed E-state index contributed by atoms with van der Waals surface area (Å²) in [6, 6.07) is 16.5. The number of allylic oxidation sites excluding steroid dienone is 1. The van der Waals surface area contributed by atoms with Crippen molar-refractivity contribution in [3.05, 3.63) is 76.8 Å². The summed E-state index contributed by atoms with van der Waals surface area (Å²) < 4.78 is 11.1. The lowest BCUT2D eigenvalue weighted by atomic mass is 9.94. The fourth-order valence-electron chi connectivity index (χ4n) is 4.04. The van der Waals surface area contributed by atoms with Crippen molar-refractivity contribution >= 4 is 22.9 Å². The van der Waals surface area contributed by atoms with Crippen molar-refractivity contribution in [1.82, 2.24) is 20.4 Å². The lowest BCUT2D eigenvalue weighted by Crippen LogP contribution is -2.46. The van der Waals surface area contributed by atoms with Crippen LogP contribution in [-0.4, -0.2) is 40.4 Å². The molecule has 0 spiro atoms. The molecule has 7 heteroatoms. The Labute approximate surface area is 200 Å². The standard InChI is InChI=1S/C26H30N4O2S/c1-5-19-9-13-21(14-10-19)24-28-25(32-29-24)22-18(3)30(15-6-16-31-4)26(33)27-23(22)20-11-7-17(2)8-12-20/h7-14,23H,5-6,15-16H2,1-4H3,(H,27,33). The molecule has 0 fully saturated rings. The minimum Gasteiger partial charge on any atom is -0.385 e. The van der Waals surface area contributed by atoms with Crippen LogP contribution < -0.4 is 5.32 Å². The predicted octanol–water partition coefficient (Wildman–Crippen LogP) is 5.31. The molecule has 2 heterocycles. The fourth-order valence-corrected chi connectivity index (χ4v) is 4.39. The molecule has 172 valence electrons. The van der Waals surface area contributed by atoms with E-state index in [1.807, 2.05) is 12.1 Å². The van der Waals surface area contributed by atoms with Crippen molar-refractivity contribution in [1.29, 1.82) is 0 Å². The van der Waals surface area contributed by atoms with Gasteiger partial charge in [0, 0.05) is 31.5 Å². The van der Waals surface area contributed by atoms with Gasteiger partial charge in [0.1, 0.15) is 0 Å². The third-order valence-corrected chi connectivity index (χ3v) is 6.35. The van der Waals surface area contributed by atoms with Gasteiger partial charge in [0.2, 0.25) is 5.82 Å². The average molecular weight is 463 g/mol. The molecule has 0 saturated carbocycles. The first kappa shape index (κ1) is 23.1. The highest BCUT2D eigenvalue weighted by Crippen LogP contribution is 2.37.